The van der Waals surface area contributed by atoms with Gasteiger partial charge in [0, 0.05) is 12.1 Å². The summed E-state index contributed by atoms with van der Waals surface area (Å²) in [5, 5.41) is 9.43. The third-order valence-corrected chi connectivity index (χ3v) is 5.71. The van der Waals surface area contributed by atoms with E-state index in [1.165, 1.54) is 0 Å². The van der Waals surface area contributed by atoms with Gasteiger partial charge < -0.3 is 16.6 Å². The number of carboxylic acids is 1. The summed E-state index contributed by atoms with van der Waals surface area (Å²) in [5.41, 5.74) is 12.9. The highest BCUT2D eigenvalue weighted by Crippen LogP contribution is 2.23. The van der Waals surface area contributed by atoms with Crippen molar-refractivity contribution in [3.63, 3.8) is 0 Å². The minimum Gasteiger partial charge on any atom is -0.479 e. The number of carboxylic acid groups (broad SMARTS) is 1. The summed E-state index contributed by atoms with van der Waals surface area (Å²) in [6, 6.07) is 14.6. The van der Waals surface area contributed by atoms with E-state index in [4.69, 9.17) is 11.5 Å². The number of carbonyl (C=O) groups is 1. The number of anilines is 1. The van der Waals surface area contributed by atoms with E-state index in [1.807, 2.05) is 0 Å². The summed E-state index contributed by atoms with van der Waals surface area (Å²) in [5.74, 6) is -2.02. The van der Waals surface area contributed by atoms with E-state index in [2.05, 4.69) is 0 Å². The molecule has 0 spiro atoms. The lowest BCUT2D eigenvalue weighted by Gasteiger charge is -2.25. The first-order chi connectivity index (χ1) is 10.7. The summed E-state index contributed by atoms with van der Waals surface area (Å²) in [7, 11) is -4.14. The molecule has 0 radical (unpaired) electrons. The lowest BCUT2D eigenvalue weighted by molar-refractivity contribution is -0.140. The van der Waals surface area contributed by atoms with E-state index in [9.17, 15) is 18.3 Å². The van der Waals surface area contributed by atoms with Crippen molar-refractivity contribution < 1.29 is 18.3 Å². The van der Waals surface area contributed by atoms with Crippen LogP contribution in [0.3, 0.4) is 0 Å². The van der Waals surface area contributed by atoms with Crippen LogP contribution >= 0.6 is 0 Å². The predicted molar refractivity (Wildman–Crippen MR) is 88.2 cm³/mol. The van der Waals surface area contributed by atoms with Crippen LogP contribution in [0.5, 0.6) is 0 Å². The summed E-state index contributed by atoms with van der Waals surface area (Å²) in [6.45, 7) is 0. The van der Waals surface area contributed by atoms with Crippen LogP contribution in [0.15, 0.2) is 54.6 Å². The zero-order chi connectivity index (χ0) is 17.1. The fourth-order valence-electron chi connectivity index (χ4n) is 2.18. The number of rotatable bonds is 6. The molecule has 7 heteroatoms. The van der Waals surface area contributed by atoms with Crippen molar-refractivity contribution in [1.82, 2.24) is 0 Å². The Morgan fingerprint density at radius 3 is 2.09 bits per heavy atom. The zero-order valence-corrected chi connectivity index (χ0v) is 13.2. The molecule has 122 valence electrons. The Bertz CT molecular complexity index is 789. The molecule has 0 bridgehead atoms. The minimum absolute atomic E-state index is 0.336. The number of nitrogens with two attached hydrogens (primary N) is 2. The van der Waals surface area contributed by atoms with Gasteiger partial charge in [-0.2, -0.15) is 0 Å². The molecule has 2 aromatic carbocycles. The molecule has 0 unspecified atom stereocenters. The molecule has 0 aliphatic rings. The maximum absolute atomic E-state index is 12.6. The summed E-state index contributed by atoms with van der Waals surface area (Å²) >= 11 is 0. The van der Waals surface area contributed by atoms with Crippen LogP contribution in [0.1, 0.15) is 11.1 Å². The van der Waals surface area contributed by atoms with Gasteiger partial charge in [0.05, 0.1) is 5.75 Å². The Hall–Kier alpha value is -2.38. The quantitative estimate of drug-likeness (QED) is 0.681. The van der Waals surface area contributed by atoms with Gasteiger partial charge in [-0.3, -0.25) is 0 Å². The molecule has 0 aliphatic heterocycles. The fraction of sp³-hybridized carbons (Fsp3) is 0.188. The van der Waals surface area contributed by atoms with Gasteiger partial charge in [-0.1, -0.05) is 42.5 Å². The molecule has 0 aliphatic carbocycles. The molecule has 0 fully saturated rings. The minimum atomic E-state index is -4.14. The molecule has 0 amide bonds. The monoisotopic (exact) mass is 334 g/mol. The molecule has 6 nitrogen and oxygen atoms in total. The molecule has 0 heterocycles. The zero-order valence-electron chi connectivity index (χ0n) is 12.3. The van der Waals surface area contributed by atoms with E-state index >= 15 is 0 Å². The van der Waals surface area contributed by atoms with Gasteiger partial charge in [0.2, 0.25) is 4.87 Å². The second-order valence-electron chi connectivity index (χ2n) is 5.36. The van der Waals surface area contributed by atoms with Crippen molar-refractivity contribution in [2.75, 3.05) is 5.73 Å². The molecule has 23 heavy (non-hydrogen) atoms. The lowest BCUT2D eigenvalue weighted by atomic mass is 10.1. The standard InChI is InChI=1S/C16H18N2O4S/c17-14-8-6-12(7-9-14)10-16(18,15(19)20)23(21,22)11-13-4-2-1-3-5-13/h1-9H,10-11,17-18H2,(H,19,20)/t16-/m1/s1. The van der Waals surface area contributed by atoms with Gasteiger partial charge in [-0.25, -0.2) is 13.2 Å². The highest BCUT2D eigenvalue weighted by molar-refractivity contribution is 7.92. The van der Waals surface area contributed by atoms with E-state index in [0.29, 0.717) is 16.8 Å². The van der Waals surface area contributed by atoms with Gasteiger partial charge in [-0.05, 0) is 23.3 Å². The van der Waals surface area contributed by atoms with Crippen LogP contribution in [-0.4, -0.2) is 24.4 Å². The van der Waals surface area contributed by atoms with E-state index < -0.39 is 26.4 Å². The third-order valence-electron chi connectivity index (χ3n) is 3.56. The molecule has 2 aromatic rings. The van der Waals surface area contributed by atoms with Crippen molar-refractivity contribution >= 4 is 21.5 Å². The normalized spacial score (nSPS) is 14.1. The van der Waals surface area contributed by atoms with E-state index in [0.717, 1.165) is 0 Å². The number of benzene rings is 2. The Morgan fingerprint density at radius 1 is 1.00 bits per heavy atom. The summed E-state index contributed by atoms with van der Waals surface area (Å²) < 4.78 is 25.2. The molecule has 0 saturated heterocycles. The van der Waals surface area contributed by atoms with Crippen LogP contribution in [0, 0.1) is 0 Å². The highest BCUT2D eigenvalue weighted by atomic mass is 32.2. The van der Waals surface area contributed by atoms with Crippen molar-refractivity contribution in [2.45, 2.75) is 17.0 Å². The summed E-state index contributed by atoms with van der Waals surface area (Å²) in [4.78, 5) is 9.20. The second-order valence-corrected chi connectivity index (χ2v) is 7.60. The van der Waals surface area contributed by atoms with E-state index in [1.54, 1.807) is 54.6 Å². The lowest BCUT2D eigenvalue weighted by Crippen LogP contribution is -2.56. The highest BCUT2D eigenvalue weighted by Gasteiger charge is 2.47. The average Bonchev–Trinajstić information content (AvgIpc) is 2.49. The first kappa shape index (κ1) is 17.0. The molecule has 5 N–H and O–H groups in total. The molecule has 0 aromatic heterocycles. The van der Waals surface area contributed by atoms with Crippen LogP contribution in [0.2, 0.25) is 0 Å². The Balaban J connectivity index is 2.35. The number of hydrogen-bond acceptors (Lipinski definition) is 5. The maximum Gasteiger partial charge on any atom is 0.339 e. The third kappa shape index (κ3) is 3.69. The molecular weight excluding hydrogens is 316 g/mol. The first-order valence-corrected chi connectivity index (χ1v) is 8.53. The Labute approximate surface area is 134 Å². The molecule has 2 rings (SSSR count). The number of aliphatic carboxylic acids is 1. The number of nitrogen functional groups attached to an aromatic ring is 1. The second kappa shape index (κ2) is 6.39. The van der Waals surface area contributed by atoms with Crippen molar-refractivity contribution in [3.8, 4) is 0 Å². The van der Waals surface area contributed by atoms with Crippen molar-refractivity contribution in [1.29, 1.82) is 0 Å². The van der Waals surface area contributed by atoms with Gasteiger partial charge in [0.1, 0.15) is 0 Å². The van der Waals surface area contributed by atoms with E-state index in [-0.39, 0.29) is 6.42 Å². The first-order valence-electron chi connectivity index (χ1n) is 6.87. The van der Waals surface area contributed by atoms with Crippen molar-refractivity contribution in [2.24, 2.45) is 5.73 Å². The Morgan fingerprint density at radius 2 is 1.57 bits per heavy atom. The van der Waals surface area contributed by atoms with Crippen LogP contribution < -0.4 is 11.5 Å². The predicted octanol–water partition coefficient (Wildman–Crippen LogP) is 1.17. The van der Waals surface area contributed by atoms with Gasteiger partial charge in [0.15, 0.2) is 9.84 Å². The van der Waals surface area contributed by atoms with Crippen molar-refractivity contribution in [3.05, 3.63) is 65.7 Å². The average molecular weight is 334 g/mol. The molecular formula is C16H18N2O4S. The SMILES string of the molecule is Nc1ccc(C[C@](N)(C(=O)O)S(=O)(=O)Cc2ccccc2)cc1. The van der Waals surface area contributed by atoms with Gasteiger partial charge in [-0.15, -0.1) is 0 Å². The fourth-order valence-corrected chi connectivity index (χ4v) is 3.72. The smallest absolute Gasteiger partial charge is 0.339 e. The van der Waals surface area contributed by atoms with Crippen LogP contribution in [-0.2, 0) is 26.8 Å². The van der Waals surface area contributed by atoms with Crippen LogP contribution in [0.25, 0.3) is 0 Å². The molecule has 1 atom stereocenters. The largest absolute Gasteiger partial charge is 0.479 e. The van der Waals surface area contributed by atoms with Gasteiger partial charge in [0.25, 0.3) is 0 Å². The molecule has 0 saturated carbocycles. The topological polar surface area (TPSA) is 123 Å². The number of sulfone groups is 1. The van der Waals surface area contributed by atoms with Crippen LogP contribution in [0.4, 0.5) is 5.69 Å². The number of hydrogen-bond donors (Lipinski definition) is 3. The van der Waals surface area contributed by atoms with Gasteiger partial charge >= 0.3 is 5.97 Å². The maximum atomic E-state index is 12.6. The summed E-state index contributed by atoms with van der Waals surface area (Å²) in [6.07, 6.45) is -0.336. The Kier molecular flexibility index (Phi) is 4.72.